The van der Waals surface area contributed by atoms with E-state index in [1.807, 2.05) is 0 Å². The number of non-ortho nitro benzene ring substituents is 1. The summed E-state index contributed by atoms with van der Waals surface area (Å²) >= 11 is 0. The molecule has 164 valence electrons. The van der Waals surface area contributed by atoms with Crippen LogP contribution in [0, 0.1) is 24.0 Å². The highest BCUT2D eigenvalue weighted by atomic mass is 16.6. The second kappa shape index (κ2) is 8.14. The Morgan fingerprint density at radius 1 is 1.25 bits per heavy atom. The molecule has 0 spiro atoms. The highest BCUT2D eigenvalue weighted by molar-refractivity contribution is 6.06. The average molecular weight is 436 g/mol. The Labute approximate surface area is 182 Å². The topological polar surface area (TPSA) is 128 Å². The number of carbonyl (C=O) groups excluding carboxylic acids is 2. The molecule has 3 aromatic rings. The van der Waals surface area contributed by atoms with Gasteiger partial charge in [-0.1, -0.05) is 11.2 Å². The fraction of sp³-hybridized carbons (Fsp3) is 0.227. The summed E-state index contributed by atoms with van der Waals surface area (Å²) in [7, 11) is 0. The summed E-state index contributed by atoms with van der Waals surface area (Å²) in [5.41, 5.74) is 2.35. The van der Waals surface area contributed by atoms with Crippen molar-refractivity contribution in [1.29, 1.82) is 0 Å². The summed E-state index contributed by atoms with van der Waals surface area (Å²) in [5.74, 6) is 0.366. The molecule has 1 aromatic heterocycles. The normalized spacial score (nSPS) is 15.2. The minimum atomic E-state index is -0.673. The third-order valence-electron chi connectivity index (χ3n) is 5.24. The van der Waals surface area contributed by atoms with Crippen LogP contribution in [0.1, 0.15) is 34.3 Å². The Hall–Kier alpha value is -4.21. The van der Waals surface area contributed by atoms with E-state index < -0.39 is 16.9 Å². The molecule has 1 unspecified atom stereocenters. The largest absolute Gasteiger partial charge is 0.479 e. The molecule has 1 atom stereocenters. The predicted octanol–water partition coefficient (Wildman–Crippen LogP) is 3.77. The van der Waals surface area contributed by atoms with Crippen LogP contribution in [0.3, 0.4) is 0 Å². The number of nitrogens with one attached hydrogen (secondary N) is 1. The van der Waals surface area contributed by atoms with Gasteiger partial charge in [-0.05, 0) is 45.0 Å². The van der Waals surface area contributed by atoms with Crippen LogP contribution < -0.4 is 15.0 Å². The van der Waals surface area contributed by atoms with E-state index in [1.54, 1.807) is 43.9 Å². The van der Waals surface area contributed by atoms with Gasteiger partial charge in [-0.15, -0.1) is 0 Å². The molecule has 1 aliphatic heterocycles. The van der Waals surface area contributed by atoms with E-state index in [1.165, 1.54) is 24.3 Å². The predicted molar refractivity (Wildman–Crippen MR) is 115 cm³/mol. The van der Waals surface area contributed by atoms with Gasteiger partial charge in [-0.2, -0.15) is 0 Å². The van der Waals surface area contributed by atoms with Crippen LogP contribution in [0.25, 0.3) is 0 Å². The number of nitro benzene ring substituents is 1. The molecule has 2 heterocycles. The number of nitrogens with zero attached hydrogens (tertiary/aromatic N) is 3. The second-order valence-corrected chi connectivity index (χ2v) is 7.43. The summed E-state index contributed by atoms with van der Waals surface area (Å²) in [6.45, 7) is 5.49. The molecule has 2 aromatic carbocycles. The molecular formula is C22H20N4O6. The van der Waals surface area contributed by atoms with Crippen molar-refractivity contribution >= 4 is 28.9 Å². The van der Waals surface area contributed by atoms with Crippen molar-refractivity contribution in [3.05, 3.63) is 75.2 Å². The van der Waals surface area contributed by atoms with Crippen LogP contribution in [0.15, 0.2) is 47.0 Å². The van der Waals surface area contributed by atoms with Crippen LogP contribution in [0.4, 0.5) is 17.1 Å². The van der Waals surface area contributed by atoms with Crippen molar-refractivity contribution in [1.82, 2.24) is 5.16 Å². The molecule has 1 N–H and O–H groups in total. The van der Waals surface area contributed by atoms with Gasteiger partial charge in [0.25, 0.3) is 17.5 Å². The van der Waals surface area contributed by atoms with Gasteiger partial charge in [0.15, 0.2) is 6.10 Å². The molecule has 1 aliphatic rings. The van der Waals surface area contributed by atoms with Crippen molar-refractivity contribution in [3.8, 4) is 5.75 Å². The number of carbonyl (C=O) groups is 2. The Bertz CT molecular complexity index is 1220. The Morgan fingerprint density at radius 3 is 2.72 bits per heavy atom. The number of hydrogen-bond acceptors (Lipinski definition) is 7. The molecule has 10 heteroatoms. The lowest BCUT2D eigenvalue weighted by Gasteiger charge is -2.33. The number of amides is 2. The number of nitro groups is 1. The Balaban J connectivity index is 1.64. The lowest BCUT2D eigenvalue weighted by Crippen LogP contribution is -2.44. The average Bonchev–Trinajstić information content (AvgIpc) is 3.09. The number of hydrogen-bond donors (Lipinski definition) is 1. The Kier molecular flexibility index (Phi) is 5.35. The molecule has 0 bridgehead atoms. The first kappa shape index (κ1) is 21.0. The first-order chi connectivity index (χ1) is 15.2. The lowest BCUT2D eigenvalue weighted by atomic mass is 10.1. The summed E-state index contributed by atoms with van der Waals surface area (Å²) in [6.07, 6.45) is -0.673. The fourth-order valence-electron chi connectivity index (χ4n) is 3.50. The van der Waals surface area contributed by atoms with Crippen LogP contribution in [0.5, 0.6) is 5.75 Å². The van der Waals surface area contributed by atoms with E-state index in [0.717, 1.165) is 5.56 Å². The van der Waals surface area contributed by atoms with Gasteiger partial charge in [0.1, 0.15) is 11.5 Å². The molecular weight excluding hydrogens is 416 g/mol. The van der Waals surface area contributed by atoms with E-state index >= 15 is 0 Å². The number of aryl methyl sites for hydroxylation is 2. The van der Waals surface area contributed by atoms with Crippen LogP contribution in [-0.4, -0.2) is 28.0 Å². The number of rotatable bonds is 5. The lowest BCUT2D eigenvalue weighted by molar-refractivity contribution is -0.384. The van der Waals surface area contributed by atoms with Gasteiger partial charge in [-0.3, -0.25) is 19.7 Å². The molecule has 0 fully saturated rings. The van der Waals surface area contributed by atoms with E-state index in [-0.39, 0.29) is 23.7 Å². The maximum Gasteiger partial charge on any atom is 0.270 e. The second-order valence-electron chi connectivity index (χ2n) is 7.43. The third kappa shape index (κ3) is 3.89. The number of aromatic nitrogens is 1. The van der Waals surface area contributed by atoms with Crippen molar-refractivity contribution in [3.63, 3.8) is 0 Å². The first-order valence-electron chi connectivity index (χ1n) is 9.84. The molecule has 0 saturated heterocycles. The van der Waals surface area contributed by atoms with Crippen molar-refractivity contribution in [2.75, 3.05) is 10.2 Å². The highest BCUT2D eigenvalue weighted by Crippen LogP contribution is 2.38. The zero-order chi connectivity index (χ0) is 23.0. The van der Waals surface area contributed by atoms with Gasteiger partial charge in [0.05, 0.1) is 22.8 Å². The van der Waals surface area contributed by atoms with E-state index in [2.05, 4.69) is 10.5 Å². The highest BCUT2D eigenvalue weighted by Gasteiger charge is 2.33. The van der Waals surface area contributed by atoms with E-state index in [0.29, 0.717) is 28.6 Å². The van der Waals surface area contributed by atoms with Gasteiger partial charge >= 0.3 is 0 Å². The third-order valence-corrected chi connectivity index (χ3v) is 5.24. The number of anilines is 2. The molecule has 2 amide bonds. The van der Waals surface area contributed by atoms with Gasteiger partial charge in [0.2, 0.25) is 0 Å². The number of ether oxygens (including phenoxy) is 1. The standard InChI is InChI=1S/C22H20N4O6/c1-12-18(13(2)32-24-12)11-25-19-10-16(7-8-20(19)31-14(3)22(25)28)23-21(27)15-5-4-6-17(9-15)26(29)30/h4-10,14H,11H2,1-3H3,(H,23,27). The zero-order valence-electron chi connectivity index (χ0n) is 17.6. The SMILES string of the molecule is Cc1noc(C)c1CN1C(=O)C(C)Oc2ccc(NC(=O)c3cccc([N+](=O)[O-])c3)cc21. The molecule has 0 saturated carbocycles. The van der Waals surface area contributed by atoms with Gasteiger partial charge in [-0.25, -0.2) is 0 Å². The quantitative estimate of drug-likeness (QED) is 0.476. The fourth-order valence-corrected chi connectivity index (χ4v) is 3.50. The van der Waals surface area contributed by atoms with Crippen LogP contribution in [0.2, 0.25) is 0 Å². The van der Waals surface area contributed by atoms with E-state index in [9.17, 15) is 19.7 Å². The van der Waals surface area contributed by atoms with E-state index in [4.69, 9.17) is 9.26 Å². The van der Waals surface area contributed by atoms with Crippen LogP contribution >= 0.6 is 0 Å². The summed E-state index contributed by atoms with van der Waals surface area (Å²) in [5, 5.41) is 17.6. The van der Waals surface area contributed by atoms with Gasteiger partial charge in [0, 0.05) is 28.9 Å². The van der Waals surface area contributed by atoms with Crippen molar-refractivity contribution in [2.24, 2.45) is 0 Å². The Morgan fingerprint density at radius 2 is 2.03 bits per heavy atom. The molecule has 32 heavy (non-hydrogen) atoms. The smallest absolute Gasteiger partial charge is 0.270 e. The molecule has 10 nitrogen and oxygen atoms in total. The maximum absolute atomic E-state index is 12.9. The van der Waals surface area contributed by atoms with Crippen molar-refractivity contribution < 1.29 is 23.8 Å². The molecule has 4 rings (SSSR count). The minimum Gasteiger partial charge on any atom is -0.479 e. The maximum atomic E-state index is 12.9. The molecule has 0 aliphatic carbocycles. The number of fused-ring (bicyclic) bond motifs is 1. The summed E-state index contributed by atoms with van der Waals surface area (Å²) in [4.78, 5) is 37.5. The monoisotopic (exact) mass is 436 g/mol. The minimum absolute atomic E-state index is 0.144. The van der Waals surface area contributed by atoms with Gasteiger partial charge < -0.3 is 19.5 Å². The summed E-state index contributed by atoms with van der Waals surface area (Å²) < 4.78 is 10.9. The number of benzene rings is 2. The molecule has 0 radical (unpaired) electrons. The van der Waals surface area contributed by atoms with Crippen LogP contribution in [-0.2, 0) is 11.3 Å². The zero-order valence-corrected chi connectivity index (χ0v) is 17.6. The summed E-state index contributed by atoms with van der Waals surface area (Å²) in [6, 6.07) is 10.4. The van der Waals surface area contributed by atoms with Crippen molar-refractivity contribution in [2.45, 2.75) is 33.4 Å². The first-order valence-corrected chi connectivity index (χ1v) is 9.84.